The van der Waals surface area contributed by atoms with Crippen molar-refractivity contribution in [1.82, 2.24) is 9.88 Å². The number of carbonyl (C=O) groups excluding carboxylic acids is 2. The first-order valence-corrected chi connectivity index (χ1v) is 8.10. The third-order valence-corrected chi connectivity index (χ3v) is 4.28. The van der Waals surface area contributed by atoms with Gasteiger partial charge in [-0.3, -0.25) is 9.59 Å². The summed E-state index contributed by atoms with van der Waals surface area (Å²) < 4.78 is 28.3. The lowest BCUT2D eigenvalue weighted by molar-refractivity contribution is -0.128. The van der Waals surface area contributed by atoms with Gasteiger partial charge in [-0.1, -0.05) is 11.8 Å². The lowest BCUT2D eigenvalue weighted by atomic mass is 10.0. The van der Waals surface area contributed by atoms with E-state index in [2.05, 4.69) is 16.8 Å². The number of likely N-dealkylation sites (tertiary alicyclic amines) is 1. The topological polar surface area (TPSA) is 102 Å². The van der Waals surface area contributed by atoms with E-state index in [9.17, 15) is 18.4 Å². The van der Waals surface area contributed by atoms with Gasteiger partial charge in [0.15, 0.2) is 17.3 Å². The number of rotatable bonds is 2. The van der Waals surface area contributed by atoms with Crippen LogP contribution in [0.3, 0.4) is 0 Å². The molecule has 4 N–H and O–H groups in total. The normalized spacial score (nSPS) is 16.2. The minimum absolute atomic E-state index is 0.00488. The van der Waals surface area contributed by atoms with E-state index in [4.69, 9.17) is 11.5 Å². The van der Waals surface area contributed by atoms with Crippen LogP contribution in [0.5, 0.6) is 0 Å². The second kappa shape index (κ2) is 7.03. The quantitative estimate of drug-likeness (QED) is 0.783. The first-order chi connectivity index (χ1) is 12.8. The molecule has 1 fully saturated rings. The van der Waals surface area contributed by atoms with Crippen molar-refractivity contribution in [1.29, 1.82) is 0 Å². The smallest absolute Gasteiger partial charge is 0.269 e. The number of hydrogen-bond acceptors (Lipinski definition) is 4. The Labute approximate surface area is 154 Å². The first-order valence-electron chi connectivity index (χ1n) is 8.10. The van der Waals surface area contributed by atoms with Crippen LogP contribution in [-0.2, 0) is 4.79 Å². The van der Waals surface area contributed by atoms with Gasteiger partial charge in [0.25, 0.3) is 5.91 Å². The van der Waals surface area contributed by atoms with Crippen molar-refractivity contribution >= 4 is 17.5 Å². The average Bonchev–Trinajstić information content (AvgIpc) is 2.95. The number of benzene rings is 1. The Bertz CT molecular complexity index is 1010. The molecular formula is C19H16F2N4O2. The van der Waals surface area contributed by atoms with Crippen molar-refractivity contribution in [2.45, 2.75) is 6.42 Å². The molecule has 1 saturated heterocycles. The molecule has 2 aromatic rings. The van der Waals surface area contributed by atoms with Crippen molar-refractivity contribution in [3.63, 3.8) is 0 Å². The van der Waals surface area contributed by atoms with Crippen molar-refractivity contribution in [3.05, 3.63) is 47.2 Å². The second-order valence-electron chi connectivity index (χ2n) is 6.19. The van der Waals surface area contributed by atoms with Gasteiger partial charge < -0.3 is 16.4 Å². The summed E-state index contributed by atoms with van der Waals surface area (Å²) in [6.07, 6.45) is 0.584. The highest BCUT2D eigenvalue weighted by molar-refractivity contribution is 5.96. The van der Waals surface area contributed by atoms with Crippen LogP contribution in [0.1, 0.15) is 22.5 Å². The highest BCUT2D eigenvalue weighted by Crippen LogP contribution is 2.26. The molecule has 2 heterocycles. The third kappa shape index (κ3) is 3.58. The number of amides is 2. The summed E-state index contributed by atoms with van der Waals surface area (Å²) in [6, 6.07) is 4.94. The van der Waals surface area contributed by atoms with Gasteiger partial charge in [0.05, 0.1) is 11.4 Å². The zero-order chi connectivity index (χ0) is 19.7. The van der Waals surface area contributed by atoms with E-state index in [1.807, 2.05) is 0 Å². The molecule has 1 aromatic carbocycles. The summed E-state index contributed by atoms with van der Waals surface area (Å²) in [6.45, 7) is 0.604. The fourth-order valence-corrected chi connectivity index (χ4v) is 2.79. The molecule has 3 rings (SSSR count). The predicted molar refractivity (Wildman–Crippen MR) is 95.1 cm³/mol. The Morgan fingerprint density at radius 2 is 2.07 bits per heavy atom. The number of halogens is 2. The van der Waals surface area contributed by atoms with Crippen molar-refractivity contribution in [3.8, 4) is 23.1 Å². The summed E-state index contributed by atoms with van der Waals surface area (Å²) in [5.74, 6) is 1.81. The van der Waals surface area contributed by atoms with Crippen molar-refractivity contribution < 1.29 is 18.4 Å². The Morgan fingerprint density at radius 1 is 1.33 bits per heavy atom. The lowest BCUT2D eigenvalue weighted by Crippen LogP contribution is -2.21. The van der Waals surface area contributed by atoms with Crippen LogP contribution in [-0.4, -0.2) is 35.3 Å². The number of aromatic nitrogens is 1. The molecule has 8 heteroatoms. The summed E-state index contributed by atoms with van der Waals surface area (Å²) in [4.78, 5) is 28.8. The maximum absolute atomic E-state index is 14.3. The summed E-state index contributed by atoms with van der Waals surface area (Å²) >= 11 is 0. The molecule has 27 heavy (non-hydrogen) atoms. The van der Waals surface area contributed by atoms with Crippen LogP contribution in [0.4, 0.5) is 14.5 Å². The maximum atomic E-state index is 14.3. The molecule has 0 spiro atoms. The Kier molecular flexibility index (Phi) is 4.77. The molecule has 2 amide bonds. The fraction of sp³-hybridized carbons (Fsp3) is 0.211. The van der Waals surface area contributed by atoms with E-state index >= 15 is 0 Å². The second-order valence-corrected chi connectivity index (χ2v) is 6.19. The standard InChI is InChI=1S/C19H16F2N4O2/c1-25-7-6-11(19(25)27)3-2-10-8-12(16(21)13(20)9-10)15-5-4-14(22)17(24-15)18(23)26/h4-5,8-9,11H,6-7,22H2,1H3,(H2,23,26). The van der Waals surface area contributed by atoms with Gasteiger partial charge in [-0.2, -0.15) is 0 Å². The molecule has 1 aromatic heterocycles. The molecule has 0 aliphatic carbocycles. The Morgan fingerprint density at radius 3 is 2.70 bits per heavy atom. The summed E-state index contributed by atoms with van der Waals surface area (Å²) in [5.41, 5.74) is 10.6. The lowest BCUT2D eigenvalue weighted by Gasteiger charge is -2.08. The SMILES string of the molecule is CN1CCC(C#Cc2cc(F)c(F)c(-c3ccc(N)c(C(N)=O)n3)c2)C1=O. The van der Waals surface area contributed by atoms with Gasteiger partial charge in [-0.15, -0.1) is 0 Å². The van der Waals surface area contributed by atoms with E-state index in [0.717, 1.165) is 6.07 Å². The molecular weight excluding hydrogens is 354 g/mol. The van der Waals surface area contributed by atoms with E-state index in [-0.39, 0.29) is 34.1 Å². The minimum atomic E-state index is -1.13. The number of carbonyl (C=O) groups is 2. The molecule has 0 bridgehead atoms. The number of nitrogens with zero attached hydrogens (tertiary/aromatic N) is 2. The monoisotopic (exact) mass is 370 g/mol. The zero-order valence-corrected chi connectivity index (χ0v) is 14.4. The van der Waals surface area contributed by atoms with Crippen LogP contribution in [0.25, 0.3) is 11.3 Å². The largest absolute Gasteiger partial charge is 0.397 e. The van der Waals surface area contributed by atoms with E-state index in [1.54, 1.807) is 11.9 Å². The predicted octanol–water partition coefficient (Wildman–Crippen LogP) is 1.54. The molecule has 0 radical (unpaired) electrons. The number of anilines is 1. The third-order valence-electron chi connectivity index (χ3n) is 4.28. The number of hydrogen-bond donors (Lipinski definition) is 2. The molecule has 1 aliphatic heterocycles. The minimum Gasteiger partial charge on any atom is -0.397 e. The molecule has 1 unspecified atom stereocenters. The Hall–Kier alpha value is -3.47. The van der Waals surface area contributed by atoms with Gasteiger partial charge in [0, 0.05) is 24.7 Å². The number of pyridine rings is 1. The number of nitrogens with two attached hydrogens (primary N) is 2. The van der Waals surface area contributed by atoms with Crippen molar-refractivity contribution in [2.24, 2.45) is 11.7 Å². The van der Waals surface area contributed by atoms with Gasteiger partial charge >= 0.3 is 0 Å². The first kappa shape index (κ1) is 18.3. The van der Waals surface area contributed by atoms with Gasteiger partial charge in [0.2, 0.25) is 5.91 Å². The number of nitrogen functional groups attached to an aromatic ring is 1. The molecule has 0 saturated carbocycles. The van der Waals surface area contributed by atoms with Crippen LogP contribution >= 0.6 is 0 Å². The van der Waals surface area contributed by atoms with Crippen LogP contribution in [0.15, 0.2) is 24.3 Å². The summed E-state index contributed by atoms with van der Waals surface area (Å²) in [7, 11) is 1.68. The van der Waals surface area contributed by atoms with E-state index in [1.165, 1.54) is 18.2 Å². The molecule has 6 nitrogen and oxygen atoms in total. The number of primary amides is 1. The zero-order valence-electron chi connectivity index (χ0n) is 14.4. The van der Waals surface area contributed by atoms with Gasteiger partial charge in [-0.05, 0) is 30.7 Å². The molecule has 1 atom stereocenters. The van der Waals surface area contributed by atoms with Crippen LogP contribution in [0.2, 0.25) is 0 Å². The van der Waals surface area contributed by atoms with Crippen molar-refractivity contribution in [2.75, 3.05) is 19.3 Å². The summed E-state index contributed by atoms with van der Waals surface area (Å²) in [5, 5.41) is 0. The Balaban J connectivity index is 2.02. The molecule has 138 valence electrons. The van der Waals surface area contributed by atoms with Crippen LogP contribution in [0, 0.1) is 29.4 Å². The fourth-order valence-electron chi connectivity index (χ4n) is 2.79. The average molecular weight is 370 g/mol. The highest BCUT2D eigenvalue weighted by atomic mass is 19.2. The van der Waals surface area contributed by atoms with Crippen LogP contribution < -0.4 is 11.5 Å². The maximum Gasteiger partial charge on any atom is 0.269 e. The highest BCUT2D eigenvalue weighted by Gasteiger charge is 2.27. The molecule has 1 aliphatic rings. The van der Waals surface area contributed by atoms with E-state index in [0.29, 0.717) is 13.0 Å². The van der Waals surface area contributed by atoms with Gasteiger partial charge in [-0.25, -0.2) is 13.8 Å². The van der Waals surface area contributed by atoms with E-state index < -0.39 is 23.5 Å². The van der Waals surface area contributed by atoms with Gasteiger partial charge in [0.1, 0.15) is 5.92 Å².